The fourth-order valence-electron chi connectivity index (χ4n) is 2.32. The zero-order valence-corrected chi connectivity index (χ0v) is 10.8. The van der Waals surface area contributed by atoms with E-state index in [-0.39, 0.29) is 10.7 Å². The highest BCUT2D eigenvalue weighted by molar-refractivity contribution is 7.89. The Kier molecular flexibility index (Phi) is 3.41. The monoisotopic (exact) mass is 267 g/mol. The van der Waals surface area contributed by atoms with Gasteiger partial charge in [0.1, 0.15) is 5.84 Å². The first-order chi connectivity index (χ1) is 8.46. The molecule has 4 N–H and O–H groups in total. The predicted octanol–water partition coefficient (Wildman–Crippen LogP) is 1.21. The molecular weight excluding hydrogens is 250 g/mol. The Morgan fingerprint density at radius 2 is 1.78 bits per heavy atom. The Bertz CT molecular complexity index is 534. The van der Waals surface area contributed by atoms with E-state index in [4.69, 9.17) is 11.1 Å². The lowest BCUT2D eigenvalue weighted by molar-refractivity contribution is 0.496. The summed E-state index contributed by atoms with van der Waals surface area (Å²) in [6.07, 6.45) is 2.95. The van der Waals surface area contributed by atoms with Crippen molar-refractivity contribution in [3.63, 3.8) is 0 Å². The molecule has 0 bridgehead atoms. The molecule has 0 unspecified atom stereocenters. The third-order valence-corrected chi connectivity index (χ3v) is 4.91. The van der Waals surface area contributed by atoms with Crippen LogP contribution in [0.5, 0.6) is 0 Å². The van der Waals surface area contributed by atoms with Crippen molar-refractivity contribution in [3.05, 3.63) is 30.3 Å². The minimum atomic E-state index is -3.62. The Morgan fingerprint density at radius 3 is 2.28 bits per heavy atom. The standard InChI is InChI=1S/C12H17N3O2S/c13-11(14)12(8-4-5-9-12)15-18(16,17)10-6-2-1-3-7-10/h1-3,6-7,15H,4-5,8-9H2,(H3,13,14). The molecule has 1 fully saturated rings. The maximum Gasteiger partial charge on any atom is 0.241 e. The topological polar surface area (TPSA) is 96.0 Å². The molecule has 0 heterocycles. The lowest BCUT2D eigenvalue weighted by Crippen LogP contribution is -2.55. The van der Waals surface area contributed by atoms with E-state index in [1.807, 2.05) is 0 Å². The lowest BCUT2D eigenvalue weighted by atomic mass is 9.98. The molecule has 98 valence electrons. The largest absolute Gasteiger partial charge is 0.386 e. The Hall–Kier alpha value is -1.40. The van der Waals surface area contributed by atoms with Gasteiger partial charge >= 0.3 is 0 Å². The molecule has 1 aromatic rings. The summed E-state index contributed by atoms with van der Waals surface area (Å²) < 4.78 is 27.1. The minimum absolute atomic E-state index is 0.0977. The molecule has 1 aromatic carbocycles. The molecule has 0 spiro atoms. The summed E-state index contributed by atoms with van der Waals surface area (Å²) in [4.78, 5) is 0.206. The average molecular weight is 267 g/mol. The van der Waals surface area contributed by atoms with E-state index >= 15 is 0 Å². The molecule has 0 saturated heterocycles. The fourth-order valence-corrected chi connectivity index (χ4v) is 3.78. The van der Waals surface area contributed by atoms with Crippen LogP contribution in [0, 0.1) is 5.41 Å². The van der Waals surface area contributed by atoms with Crippen molar-refractivity contribution in [1.29, 1.82) is 5.41 Å². The Labute approximate surface area is 107 Å². The first-order valence-electron chi connectivity index (χ1n) is 5.90. The minimum Gasteiger partial charge on any atom is -0.386 e. The van der Waals surface area contributed by atoms with Crippen molar-refractivity contribution in [2.24, 2.45) is 5.73 Å². The van der Waals surface area contributed by atoms with Crippen LogP contribution in [0.4, 0.5) is 0 Å². The lowest BCUT2D eigenvalue weighted by Gasteiger charge is -2.28. The molecule has 0 amide bonds. The van der Waals surface area contributed by atoms with Gasteiger partial charge in [-0.2, -0.15) is 4.72 Å². The van der Waals surface area contributed by atoms with Crippen LogP contribution in [-0.2, 0) is 10.0 Å². The van der Waals surface area contributed by atoms with Gasteiger partial charge < -0.3 is 5.73 Å². The van der Waals surface area contributed by atoms with Gasteiger partial charge in [0.15, 0.2) is 0 Å². The Balaban J connectivity index is 2.30. The van der Waals surface area contributed by atoms with Crippen LogP contribution < -0.4 is 10.5 Å². The summed E-state index contributed by atoms with van der Waals surface area (Å²) in [5, 5.41) is 7.63. The molecule has 0 radical (unpaired) electrons. The van der Waals surface area contributed by atoms with Crippen molar-refractivity contribution in [3.8, 4) is 0 Å². The van der Waals surface area contributed by atoms with Crippen molar-refractivity contribution < 1.29 is 8.42 Å². The SMILES string of the molecule is N=C(N)C1(NS(=O)(=O)c2ccccc2)CCCC1. The molecule has 0 atom stereocenters. The third-order valence-electron chi connectivity index (χ3n) is 3.36. The van der Waals surface area contributed by atoms with Gasteiger partial charge in [-0.3, -0.25) is 5.41 Å². The maximum atomic E-state index is 12.2. The number of hydrogen-bond donors (Lipinski definition) is 3. The summed E-state index contributed by atoms with van der Waals surface area (Å²) in [5.74, 6) is -0.0977. The molecule has 0 aliphatic heterocycles. The van der Waals surface area contributed by atoms with Gasteiger partial charge in [0.25, 0.3) is 0 Å². The van der Waals surface area contributed by atoms with Gasteiger partial charge in [-0.25, -0.2) is 8.42 Å². The quantitative estimate of drug-likeness (QED) is 0.565. The van der Waals surface area contributed by atoms with Crippen molar-refractivity contribution in [1.82, 2.24) is 4.72 Å². The van der Waals surface area contributed by atoms with Gasteiger partial charge in [0.05, 0.1) is 10.4 Å². The first-order valence-corrected chi connectivity index (χ1v) is 7.38. The van der Waals surface area contributed by atoms with Crippen molar-refractivity contribution >= 4 is 15.9 Å². The number of nitrogens with two attached hydrogens (primary N) is 1. The normalized spacial score (nSPS) is 18.7. The van der Waals surface area contributed by atoms with Crippen LogP contribution in [0.25, 0.3) is 0 Å². The van der Waals surface area contributed by atoms with Crippen LogP contribution in [-0.4, -0.2) is 19.8 Å². The number of hydrogen-bond acceptors (Lipinski definition) is 3. The molecule has 18 heavy (non-hydrogen) atoms. The molecule has 1 aliphatic rings. The van der Waals surface area contributed by atoms with E-state index in [2.05, 4.69) is 4.72 Å². The smallest absolute Gasteiger partial charge is 0.241 e. The van der Waals surface area contributed by atoms with Gasteiger partial charge in [0.2, 0.25) is 10.0 Å². The second-order valence-corrected chi connectivity index (χ2v) is 6.30. The molecule has 1 saturated carbocycles. The number of rotatable bonds is 4. The van der Waals surface area contributed by atoms with Crippen molar-refractivity contribution in [2.45, 2.75) is 36.1 Å². The first kappa shape index (κ1) is 13.0. The number of sulfonamides is 1. The van der Waals surface area contributed by atoms with Gasteiger partial charge in [-0.1, -0.05) is 31.0 Å². The van der Waals surface area contributed by atoms with E-state index in [1.165, 1.54) is 12.1 Å². The summed E-state index contributed by atoms with van der Waals surface area (Å²) in [5.41, 5.74) is 4.68. The van der Waals surface area contributed by atoms with E-state index in [1.54, 1.807) is 18.2 Å². The van der Waals surface area contributed by atoms with E-state index < -0.39 is 15.6 Å². The second kappa shape index (κ2) is 4.70. The molecule has 6 heteroatoms. The average Bonchev–Trinajstić information content (AvgIpc) is 2.79. The van der Waals surface area contributed by atoms with Crippen LogP contribution >= 0.6 is 0 Å². The van der Waals surface area contributed by atoms with Crippen molar-refractivity contribution in [2.75, 3.05) is 0 Å². The zero-order chi connectivity index (χ0) is 13.2. The zero-order valence-electron chi connectivity index (χ0n) is 10.0. The van der Waals surface area contributed by atoms with Crippen LogP contribution in [0.3, 0.4) is 0 Å². The molecule has 1 aliphatic carbocycles. The highest BCUT2D eigenvalue weighted by atomic mass is 32.2. The van der Waals surface area contributed by atoms with E-state index in [0.29, 0.717) is 12.8 Å². The van der Waals surface area contributed by atoms with Gasteiger partial charge in [-0.15, -0.1) is 0 Å². The summed E-state index contributed by atoms with van der Waals surface area (Å²) in [6, 6.07) is 8.17. The summed E-state index contributed by atoms with van der Waals surface area (Å²) in [6.45, 7) is 0. The van der Waals surface area contributed by atoms with Gasteiger partial charge in [0, 0.05) is 0 Å². The van der Waals surface area contributed by atoms with E-state index in [0.717, 1.165) is 12.8 Å². The number of nitrogens with one attached hydrogen (secondary N) is 2. The highest BCUT2D eigenvalue weighted by Gasteiger charge is 2.40. The predicted molar refractivity (Wildman–Crippen MR) is 69.9 cm³/mol. The number of benzene rings is 1. The molecular formula is C12H17N3O2S. The maximum absolute atomic E-state index is 12.2. The molecule has 5 nitrogen and oxygen atoms in total. The number of amidine groups is 1. The van der Waals surface area contributed by atoms with Gasteiger partial charge in [-0.05, 0) is 25.0 Å². The van der Waals surface area contributed by atoms with Crippen LogP contribution in [0.2, 0.25) is 0 Å². The summed E-state index contributed by atoms with van der Waals surface area (Å²) in [7, 11) is -3.62. The second-order valence-electron chi connectivity index (χ2n) is 4.62. The third kappa shape index (κ3) is 2.39. The summed E-state index contributed by atoms with van der Waals surface area (Å²) >= 11 is 0. The molecule has 0 aromatic heterocycles. The van der Waals surface area contributed by atoms with E-state index in [9.17, 15) is 8.42 Å². The van der Waals surface area contributed by atoms with Crippen LogP contribution in [0.1, 0.15) is 25.7 Å². The molecule has 2 rings (SSSR count). The fraction of sp³-hybridized carbons (Fsp3) is 0.417. The Morgan fingerprint density at radius 1 is 1.22 bits per heavy atom. The van der Waals surface area contributed by atoms with Crippen LogP contribution in [0.15, 0.2) is 35.2 Å². The highest BCUT2D eigenvalue weighted by Crippen LogP contribution is 2.31.